The highest BCUT2D eigenvalue weighted by molar-refractivity contribution is 14.1. The summed E-state index contributed by atoms with van der Waals surface area (Å²) in [5, 5.41) is 2.60. The Labute approximate surface area is 196 Å². The molecule has 2 amide bonds. The number of hydrogen-bond acceptors (Lipinski definition) is 7. The second kappa shape index (κ2) is 10.6. The molecule has 0 aliphatic carbocycles. The SMILES string of the molecule is CC(=O)OCC(CNC(=O)c1c(I)c(N)c(I)c(C(N)=O)c1I)OC(C)=O. The molecule has 1 aromatic rings. The van der Waals surface area contributed by atoms with Crippen LogP contribution in [0.5, 0.6) is 0 Å². The molecule has 0 saturated heterocycles. The number of carbonyl (C=O) groups is 4. The number of primary amides is 1. The van der Waals surface area contributed by atoms with E-state index in [0.29, 0.717) is 10.7 Å². The number of anilines is 1. The lowest BCUT2D eigenvalue weighted by Crippen LogP contribution is -2.38. The predicted molar refractivity (Wildman–Crippen MR) is 122 cm³/mol. The van der Waals surface area contributed by atoms with Crippen LogP contribution < -0.4 is 16.8 Å². The van der Waals surface area contributed by atoms with Crippen LogP contribution >= 0.6 is 67.8 Å². The molecule has 5 N–H and O–H groups in total. The van der Waals surface area contributed by atoms with E-state index in [-0.39, 0.29) is 30.0 Å². The maximum Gasteiger partial charge on any atom is 0.303 e. The molecule has 148 valence electrons. The van der Waals surface area contributed by atoms with Crippen LogP contribution in [-0.2, 0) is 19.1 Å². The summed E-state index contributed by atoms with van der Waals surface area (Å²) < 4.78 is 11.1. The highest BCUT2D eigenvalue weighted by atomic mass is 127. The number of nitrogens with one attached hydrogen (secondary N) is 1. The molecule has 0 aromatic heterocycles. The van der Waals surface area contributed by atoms with Gasteiger partial charge in [-0.15, -0.1) is 0 Å². The number of esters is 2. The zero-order chi connectivity index (χ0) is 20.9. The topological polar surface area (TPSA) is 151 Å². The molecule has 0 aliphatic rings. The van der Waals surface area contributed by atoms with E-state index in [9.17, 15) is 19.2 Å². The molecule has 9 nitrogen and oxygen atoms in total. The van der Waals surface area contributed by atoms with Gasteiger partial charge in [0.05, 0.1) is 30.5 Å². The van der Waals surface area contributed by atoms with Gasteiger partial charge in [0.15, 0.2) is 6.10 Å². The van der Waals surface area contributed by atoms with Crippen molar-refractivity contribution in [3.8, 4) is 0 Å². The molecular weight excluding hydrogens is 699 g/mol. The first-order valence-corrected chi connectivity index (χ1v) is 10.5. The van der Waals surface area contributed by atoms with Crippen molar-refractivity contribution in [3.63, 3.8) is 0 Å². The molecule has 0 heterocycles. The summed E-state index contributed by atoms with van der Waals surface area (Å²) in [6.45, 7) is 2.11. The quantitative estimate of drug-likeness (QED) is 0.220. The maximum atomic E-state index is 12.7. The van der Waals surface area contributed by atoms with E-state index in [2.05, 4.69) is 5.32 Å². The monoisotopic (exact) mass is 715 g/mol. The Morgan fingerprint density at radius 2 is 1.56 bits per heavy atom. The minimum Gasteiger partial charge on any atom is -0.462 e. The highest BCUT2D eigenvalue weighted by Crippen LogP contribution is 2.33. The van der Waals surface area contributed by atoms with E-state index < -0.39 is 29.9 Å². The minimum absolute atomic E-state index is 0.102. The summed E-state index contributed by atoms with van der Waals surface area (Å²) in [5.74, 6) is -2.36. The number of nitrogen functional groups attached to an aromatic ring is 1. The van der Waals surface area contributed by atoms with Crippen molar-refractivity contribution in [2.45, 2.75) is 20.0 Å². The molecule has 1 atom stereocenters. The zero-order valence-corrected chi connectivity index (χ0v) is 20.7. The molecule has 0 bridgehead atoms. The Hall–Kier alpha value is -0.910. The van der Waals surface area contributed by atoms with E-state index >= 15 is 0 Å². The normalized spacial score (nSPS) is 11.4. The van der Waals surface area contributed by atoms with Crippen molar-refractivity contribution < 1.29 is 28.7 Å². The van der Waals surface area contributed by atoms with E-state index in [0.717, 1.165) is 0 Å². The summed E-state index contributed by atoms with van der Waals surface area (Å²) in [7, 11) is 0. The highest BCUT2D eigenvalue weighted by Gasteiger charge is 2.26. The van der Waals surface area contributed by atoms with Gasteiger partial charge in [-0.25, -0.2) is 0 Å². The number of amides is 2. The number of carbonyl (C=O) groups excluding carboxylic acids is 4. The summed E-state index contributed by atoms with van der Waals surface area (Å²) in [6, 6.07) is 0. The van der Waals surface area contributed by atoms with E-state index in [4.69, 9.17) is 20.9 Å². The number of benzene rings is 1. The van der Waals surface area contributed by atoms with Gasteiger partial charge in [-0.3, -0.25) is 19.2 Å². The predicted octanol–water partition coefficient (Wildman–Crippen LogP) is 1.41. The number of hydrogen-bond donors (Lipinski definition) is 3. The molecule has 12 heteroatoms. The van der Waals surface area contributed by atoms with Crippen LogP contribution in [0.3, 0.4) is 0 Å². The molecule has 0 radical (unpaired) electrons. The summed E-state index contributed by atoms with van der Waals surface area (Å²) in [4.78, 5) is 46.5. The molecule has 0 aliphatic heterocycles. The van der Waals surface area contributed by atoms with Gasteiger partial charge in [-0.05, 0) is 67.8 Å². The Bertz CT molecular complexity index is 800. The number of rotatable bonds is 7. The third kappa shape index (κ3) is 6.58. The fraction of sp³-hybridized carbons (Fsp3) is 0.333. The number of halogens is 3. The van der Waals surface area contributed by atoms with Crippen molar-refractivity contribution in [1.29, 1.82) is 0 Å². The van der Waals surface area contributed by atoms with Crippen LogP contribution in [-0.4, -0.2) is 43.0 Å². The fourth-order valence-electron chi connectivity index (χ4n) is 1.97. The molecule has 1 aromatic carbocycles. The minimum atomic E-state index is -0.859. The first kappa shape index (κ1) is 24.1. The van der Waals surface area contributed by atoms with Crippen molar-refractivity contribution in [2.75, 3.05) is 18.9 Å². The van der Waals surface area contributed by atoms with Crippen molar-refractivity contribution >= 4 is 97.2 Å². The van der Waals surface area contributed by atoms with Gasteiger partial charge >= 0.3 is 11.9 Å². The second-order valence-electron chi connectivity index (χ2n) is 5.21. The van der Waals surface area contributed by atoms with Crippen molar-refractivity contribution in [2.24, 2.45) is 5.73 Å². The standard InChI is InChI=1S/C15H16I3N3O6/c1-5(22)26-4-7(27-6(2)23)3-21-15(25)9-10(16)8(14(20)24)11(17)13(19)12(9)18/h7H,3-4,19H2,1-2H3,(H2,20,24)(H,21,25). The van der Waals surface area contributed by atoms with Gasteiger partial charge in [0.1, 0.15) is 6.61 Å². The second-order valence-corrected chi connectivity index (χ2v) is 8.45. The first-order chi connectivity index (χ1) is 12.5. The molecular formula is C15H16I3N3O6. The van der Waals surface area contributed by atoms with Crippen molar-refractivity contribution in [1.82, 2.24) is 5.32 Å². The first-order valence-electron chi connectivity index (χ1n) is 7.31. The van der Waals surface area contributed by atoms with Gasteiger partial charge in [0.25, 0.3) is 11.8 Å². The molecule has 1 unspecified atom stereocenters. The van der Waals surface area contributed by atoms with Gasteiger partial charge in [0.2, 0.25) is 0 Å². The van der Waals surface area contributed by atoms with Gasteiger partial charge in [0, 0.05) is 17.4 Å². The van der Waals surface area contributed by atoms with E-state index in [1.807, 2.05) is 67.8 Å². The largest absolute Gasteiger partial charge is 0.462 e. The third-order valence-corrected chi connectivity index (χ3v) is 6.44. The van der Waals surface area contributed by atoms with Crippen LogP contribution in [0.15, 0.2) is 0 Å². The lowest BCUT2D eigenvalue weighted by atomic mass is 10.1. The Kier molecular flexibility index (Phi) is 9.46. The Morgan fingerprint density at radius 3 is 2.04 bits per heavy atom. The third-order valence-electron chi connectivity index (χ3n) is 3.12. The smallest absolute Gasteiger partial charge is 0.303 e. The van der Waals surface area contributed by atoms with Gasteiger partial charge in [-0.2, -0.15) is 0 Å². The lowest BCUT2D eigenvalue weighted by molar-refractivity contribution is -0.155. The van der Waals surface area contributed by atoms with Crippen LogP contribution in [0.4, 0.5) is 5.69 Å². The van der Waals surface area contributed by atoms with Crippen LogP contribution in [0.2, 0.25) is 0 Å². The maximum absolute atomic E-state index is 12.7. The average Bonchev–Trinajstić information content (AvgIpc) is 2.54. The summed E-state index contributed by atoms with van der Waals surface area (Å²) in [6.07, 6.45) is -0.859. The van der Waals surface area contributed by atoms with Crippen molar-refractivity contribution in [3.05, 3.63) is 21.8 Å². The van der Waals surface area contributed by atoms with Crippen LogP contribution in [0.25, 0.3) is 0 Å². The van der Waals surface area contributed by atoms with E-state index in [1.54, 1.807) is 0 Å². The number of ether oxygens (including phenoxy) is 2. The molecule has 0 saturated carbocycles. The summed E-state index contributed by atoms with van der Waals surface area (Å²) >= 11 is 5.67. The Morgan fingerprint density at radius 1 is 1.00 bits per heavy atom. The molecule has 27 heavy (non-hydrogen) atoms. The van der Waals surface area contributed by atoms with Crippen LogP contribution in [0, 0.1) is 10.7 Å². The fourth-order valence-corrected chi connectivity index (χ4v) is 6.16. The molecule has 0 fully saturated rings. The average molecular weight is 715 g/mol. The Balaban J connectivity index is 3.09. The lowest BCUT2D eigenvalue weighted by Gasteiger charge is -2.19. The molecule has 1 rings (SSSR count). The summed E-state index contributed by atoms with van der Waals surface area (Å²) in [5.41, 5.74) is 12.0. The van der Waals surface area contributed by atoms with E-state index in [1.165, 1.54) is 13.8 Å². The van der Waals surface area contributed by atoms with Gasteiger partial charge < -0.3 is 26.3 Å². The van der Waals surface area contributed by atoms with Gasteiger partial charge in [-0.1, -0.05) is 0 Å². The molecule has 0 spiro atoms. The number of nitrogens with two attached hydrogens (primary N) is 2. The van der Waals surface area contributed by atoms with Crippen LogP contribution in [0.1, 0.15) is 34.6 Å². The zero-order valence-electron chi connectivity index (χ0n) is 14.2.